The predicted octanol–water partition coefficient (Wildman–Crippen LogP) is 0.240. The molecule has 0 radical (unpaired) electrons. The maximum atomic E-state index is 12.0. The molecule has 0 bridgehead atoms. The Morgan fingerprint density at radius 3 is 2.52 bits per heavy atom. The Bertz CT molecular complexity index is 555. The highest BCUT2D eigenvalue weighted by atomic mass is 16.5. The number of hydrogen-bond acceptors (Lipinski definition) is 4. The third kappa shape index (κ3) is 3.50. The first-order valence-corrected chi connectivity index (χ1v) is 6.54. The minimum Gasteiger partial charge on any atom is -0.484 e. The van der Waals surface area contributed by atoms with Gasteiger partial charge in [0.05, 0.1) is 0 Å². The number of ether oxygens (including phenoxy) is 1. The lowest BCUT2D eigenvalue weighted by molar-refractivity contribution is -0.148. The second-order valence-electron chi connectivity index (χ2n) is 4.76. The molecule has 7 nitrogen and oxygen atoms in total. The SMILES string of the molecule is NC(=O)c1ccc(OCC(=O)N2CCC[C@@H]2C(=O)O)cc1. The van der Waals surface area contributed by atoms with Gasteiger partial charge in [0.15, 0.2) is 6.61 Å². The van der Waals surface area contributed by atoms with Gasteiger partial charge in [0.25, 0.3) is 5.91 Å². The normalized spacial score (nSPS) is 17.5. The summed E-state index contributed by atoms with van der Waals surface area (Å²) in [5.74, 6) is -1.48. The van der Waals surface area contributed by atoms with E-state index in [1.54, 1.807) is 0 Å². The van der Waals surface area contributed by atoms with Crippen molar-refractivity contribution in [2.45, 2.75) is 18.9 Å². The van der Waals surface area contributed by atoms with E-state index >= 15 is 0 Å². The Hall–Kier alpha value is -2.57. The second kappa shape index (κ2) is 6.25. The molecule has 3 N–H and O–H groups in total. The quantitative estimate of drug-likeness (QED) is 0.807. The zero-order valence-corrected chi connectivity index (χ0v) is 11.3. The number of benzene rings is 1. The summed E-state index contributed by atoms with van der Waals surface area (Å²) in [6.45, 7) is 0.194. The van der Waals surface area contributed by atoms with Crippen molar-refractivity contribution < 1.29 is 24.2 Å². The van der Waals surface area contributed by atoms with Crippen LogP contribution in [0.2, 0.25) is 0 Å². The average molecular weight is 292 g/mol. The molecule has 7 heteroatoms. The monoisotopic (exact) mass is 292 g/mol. The molecule has 1 heterocycles. The molecule has 112 valence electrons. The molecule has 21 heavy (non-hydrogen) atoms. The third-order valence-corrected chi connectivity index (χ3v) is 3.36. The Morgan fingerprint density at radius 1 is 1.29 bits per heavy atom. The lowest BCUT2D eigenvalue weighted by Crippen LogP contribution is -2.42. The number of primary amides is 1. The van der Waals surface area contributed by atoms with Crippen LogP contribution in [-0.4, -0.2) is 47.0 Å². The molecular weight excluding hydrogens is 276 g/mol. The summed E-state index contributed by atoms with van der Waals surface area (Å²) in [4.78, 5) is 35.2. The largest absolute Gasteiger partial charge is 0.484 e. The molecule has 1 aliphatic heterocycles. The van der Waals surface area contributed by atoms with E-state index in [-0.39, 0.29) is 12.5 Å². The zero-order chi connectivity index (χ0) is 15.4. The standard InChI is InChI=1S/C14H16N2O5/c15-13(18)9-3-5-10(6-4-9)21-8-12(17)16-7-1-2-11(16)14(19)20/h3-6,11H,1-2,7-8H2,(H2,15,18)(H,19,20)/t11-/m1/s1. The molecule has 0 unspecified atom stereocenters. The van der Waals surface area contributed by atoms with Gasteiger partial charge < -0.3 is 20.5 Å². The number of nitrogens with zero attached hydrogens (tertiary/aromatic N) is 1. The van der Waals surface area contributed by atoms with E-state index in [0.717, 1.165) is 0 Å². The van der Waals surface area contributed by atoms with Crippen molar-refractivity contribution in [3.05, 3.63) is 29.8 Å². The predicted molar refractivity (Wildman–Crippen MR) is 72.8 cm³/mol. The van der Waals surface area contributed by atoms with Gasteiger partial charge in [0.2, 0.25) is 5.91 Å². The number of rotatable bonds is 5. The maximum Gasteiger partial charge on any atom is 0.326 e. The van der Waals surface area contributed by atoms with Gasteiger partial charge in [-0.3, -0.25) is 9.59 Å². The van der Waals surface area contributed by atoms with Gasteiger partial charge in [-0.1, -0.05) is 0 Å². The van der Waals surface area contributed by atoms with Gasteiger partial charge in [0.1, 0.15) is 11.8 Å². The van der Waals surface area contributed by atoms with Gasteiger partial charge in [-0.2, -0.15) is 0 Å². The zero-order valence-electron chi connectivity index (χ0n) is 11.3. The van der Waals surface area contributed by atoms with Crippen LogP contribution in [0.1, 0.15) is 23.2 Å². The lowest BCUT2D eigenvalue weighted by Gasteiger charge is -2.21. The fraction of sp³-hybridized carbons (Fsp3) is 0.357. The topological polar surface area (TPSA) is 110 Å². The van der Waals surface area contributed by atoms with Crippen molar-refractivity contribution >= 4 is 17.8 Å². The van der Waals surface area contributed by atoms with Crippen LogP contribution in [0.15, 0.2) is 24.3 Å². The Morgan fingerprint density at radius 2 is 1.95 bits per heavy atom. The minimum absolute atomic E-state index is 0.236. The summed E-state index contributed by atoms with van der Waals surface area (Å²) in [5.41, 5.74) is 5.46. The highest BCUT2D eigenvalue weighted by Gasteiger charge is 2.33. The summed E-state index contributed by atoms with van der Waals surface area (Å²) in [7, 11) is 0. The van der Waals surface area contributed by atoms with Gasteiger partial charge in [-0.05, 0) is 37.1 Å². The number of amides is 2. The van der Waals surface area contributed by atoms with Crippen LogP contribution in [0.3, 0.4) is 0 Å². The first-order chi connectivity index (χ1) is 9.99. The number of hydrogen-bond donors (Lipinski definition) is 2. The summed E-state index contributed by atoms with van der Waals surface area (Å²) in [5, 5.41) is 9.02. The van der Waals surface area contributed by atoms with E-state index in [1.807, 2.05) is 0 Å². The highest BCUT2D eigenvalue weighted by Crippen LogP contribution is 2.18. The molecule has 1 fully saturated rings. The van der Waals surface area contributed by atoms with Gasteiger partial charge in [0, 0.05) is 12.1 Å². The highest BCUT2D eigenvalue weighted by molar-refractivity contribution is 5.92. The first-order valence-electron chi connectivity index (χ1n) is 6.54. The molecule has 2 amide bonds. The molecule has 0 aromatic heterocycles. The Balaban J connectivity index is 1.91. The molecule has 1 atom stereocenters. The van der Waals surface area contributed by atoms with Crippen LogP contribution in [0, 0.1) is 0 Å². The molecule has 1 aromatic rings. The maximum absolute atomic E-state index is 12.0. The van der Waals surface area contributed by atoms with Gasteiger partial charge >= 0.3 is 5.97 Å². The molecule has 1 saturated heterocycles. The summed E-state index contributed by atoms with van der Waals surface area (Å²) in [6, 6.07) is 5.30. The van der Waals surface area contributed by atoms with Crippen molar-refractivity contribution in [3.63, 3.8) is 0 Å². The fourth-order valence-electron chi connectivity index (χ4n) is 2.27. The van der Waals surface area contributed by atoms with Crippen LogP contribution >= 0.6 is 0 Å². The van der Waals surface area contributed by atoms with Crippen LogP contribution in [0.5, 0.6) is 5.75 Å². The van der Waals surface area contributed by atoms with Crippen molar-refractivity contribution in [2.75, 3.05) is 13.2 Å². The van der Waals surface area contributed by atoms with Crippen molar-refractivity contribution in [3.8, 4) is 5.75 Å². The number of carboxylic acid groups (broad SMARTS) is 1. The van der Waals surface area contributed by atoms with Crippen LogP contribution in [-0.2, 0) is 9.59 Å². The Labute approximate surface area is 121 Å². The second-order valence-corrected chi connectivity index (χ2v) is 4.76. The number of nitrogens with two attached hydrogens (primary N) is 1. The van der Waals surface area contributed by atoms with E-state index in [9.17, 15) is 14.4 Å². The van der Waals surface area contributed by atoms with E-state index in [4.69, 9.17) is 15.6 Å². The minimum atomic E-state index is -0.994. The fourth-order valence-corrected chi connectivity index (χ4v) is 2.27. The molecular formula is C14H16N2O5. The first kappa shape index (κ1) is 14.8. The number of carbonyl (C=O) groups excluding carboxylic acids is 2. The van der Waals surface area contributed by atoms with Crippen molar-refractivity contribution in [1.82, 2.24) is 4.90 Å². The average Bonchev–Trinajstić information content (AvgIpc) is 2.95. The third-order valence-electron chi connectivity index (χ3n) is 3.36. The Kier molecular flexibility index (Phi) is 4.42. The summed E-state index contributed by atoms with van der Waals surface area (Å²) < 4.78 is 5.31. The number of carboxylic acids is 1. The van der Waals surface area contributed by atoms with Gasteiger partial charge in [-0.15, -0.1) is 0 Å². The van der Waals surface area contributed by atoms with Crippen LogP contribution in [0.4, 0.5) is 0 Å². The summed E-state index contributed by atoms with van der Waals surface area (Å²) in [6.07, 6.45) is 1.14. The molecule has 2 rings (SSSR count). The molecule has 0 saturated carbocycles. The van der Waals surface area contributed by atoms with E-state index in [0.29, 0.717) is 30.7 Å². The van der Waals surface area contributed by atoms with Crippen molar-refractivity contribution in [2.24, 2.45) is 5.73 Å². The molecule has 1 aromatic carbocycles. The molecule has 0 aliphatic carbocycles. The number of carbonyl (C=O) groups is 3. The van der Waals surface area contributed by atoms with Crippen molar-refractivity contribution in [1.29, 1.82) is 0 Å². The molecule has 1 aliphatic rings. The van der Waals surface area contributed by atoms with Crippen LogP contribution < -0.4 is 10.5 Å². The lowest BCUT2D eigenvalue weighted by atomic mass is 10.2. The van der Waals surface area contributed by atoms with E-state index < -0.39 is 17.9 Å². The summed E-state index contributed by atoms with van der Waals surface area (Å²) >= 11 is 0. The number of aliphatic carboxylic acids is 1. The van der Waals surface area contributed by atoms with Gasteiger partial charge in [-0.25, -0.2) is 4.79 Å². The van der Waals surface area contributed by atoms with Crippen LogP contribution in [0.25, 0.3) is 0 Å². The molecule has 0 spiro atoms. The number of likely N-dealkylation sites (tertiary alicyclic amines) is 1. The van der Waals surface area contributed by atoms with E-state index in [1.165, 1.54) is 29.2 Å². The van der Waals surface area contributed by atoms with E-state index in [2.05, 4.69) is 0 Å². The smallest absolute Gasteiger partial charge is 0.326 e.